The Morgan fingerprint density at radius 1 is 0.129 bits per heavy atom. The summed E-state index contributed by atoms with van der Waals surface area (Å²) in [5, 5.41) is 17.0. The summed E-state index contributed by atoms with van der Waals surface area (Å²) < 4.78 is 0. The van der Waals surface area contributed by atoms with Crippen LogP contribution >= 0.6 is 0 Å². The van der Waals surface area contributed by atoms with E-state index in [9.17, 15) is 0 Å². The van der Waals surface area contributed by atoms with Gasteiger partial charge >= 0.3 is 0 Å². The van der Waals surface area contributed by atoms with E-state index in [1.807, 2.05) is 0 Å². The van der Waals surface area contributed by atoms with Crippen molar-refractivity contribution in [2.75, 3.05) is 0 Å². The highest BCUT2D eigenvalue weighted by Crippen LogP contribution is 2.58. The van der Waals surface area contributed by atoms with Crippen LogP contribution in [0.15, 0.2) is 267 Å². The van der Waals surface area contributed by atoms with Crippen molar-refractivity contribution in [3.8, 4) is 66.8 Å². The fourth-order valence-electron chi connectivity index (χ4n) is 11.8. The summed E-state index contributed by atoms with van der Waals surface area (Å²) >= 11 is 0. The summed E-state index contributed by atoms with van der Waals surface area (Å²) in [6.07, 6.45) is 0. The standard InChI is InChI=1S/C70H44/c1-7-30-51-45(19-1)25-13-36-57(51)62-41-18-42-64-66(62)67(59-38-15-27-47-21-3-9-32-53(47)59)68(60-39-16-28-48-22-4-10-33-54(48)60)69(61-40-17-29-49-23-5-11-34-55(49)61)70(64)65-56-35-12-6-24-50(56)43-44-63(65)58-37-14-26-46-20-2-8-31-52(46)58/h1-44H. The Morgan fingerprint density at radius 2 is 0.414 bits per heavy atom. The number of hydrogen-bond donors (Lipinski definition) is 0. The summed E-state index contributed by atoms with van der Waals surface area (Å²) in [4.78, 5) is 0. The van der Waals surface area contributed by atoms with Gasteiger partial charge in [-0.3, -0.25) is 0 Å². The summed E-state index contributed by atoms with van der Waals surface area (Å²) in [6, 6.07) is 99.7. The van der Waals surface area contributed by atoms with Crippen molar-refractivity contribution in [3.05, 3.63) is 267 Å². The van der Waals surface area contributed by atoms with Gasteiger partial charge in [-0.2, -0.15) is 0 Å². The molecule has 0 nitrogen and oxygen atoms in total. The van der Waals surface area contributed by atoms with Crippen LogP contribution in [0.5, 0.6) is 0 Å². The van der Waals surface area contributed by atoms with Crippen molar-refractivity contribution in [1.82, 2.24) is 0 Å². The highest BCUT2D eigenvalue weighted by atomic mass is 14.3. The zero-order valence-electron chi connectivity index (χ0n) is 38.4. The SMILES string of the molecule is c1ccc2c(-c3ccc4ccccc4c3-c3c(-c4cccc5ccccc45)c(-c4cccc5ccccc45)c(-c4cccc5ccccc45)c4c(-c5cccc6ccccc56)cccc34)cccc2c1. The van der Waals surface area contributed by atoms with Crippen molar-refractivity contribution >= 4 is 75.4 Å². The molecule has 14 rings (SSSR count). The van der Waals surface area contributed by atoms with Gasteiger partial charge in [-0.05, 0) is 142 Å². The maximum Gasteiger partial charge on any atom is -0.000719 e. The first-order valence-electron chi connectivity index (χ1n) is 24.3. The first-order chi connectivity index (χ1) is 34.8. The average molecular weight is 885 g/mol. The molecule has 0 aliphatic rings. The minimum atomic E-state index is 1.20. The summed E-state index contributed by atoms with van der Waals surface area (Å²) in [7, 11) is 0. The van der Waals surface area contributed by atoms with Crippen molar-refractivity contribution in [2.24, 2.45) is 0 Å². The van der Waals surface area contributed by atoms with Gasteiger partial charge in [-0.25, -0.2) is 0 Å². The van der Waals surface area contributed by atoms with Crippen molar-refractivity contribution in [3.63, 3.8) is 0 Å². The number of rotatable bonds is 6. The van der Waals surface area contributed by atoms with Crippen LogP contribution in [0.1, 0.15) is 0 Å². The molecule has 70 heavy (non-hydrogen) atoms. The quantitative estimate of drug-likeness (QED) is 0.156. The highest BCUT2D eigenvalue weighted by molar-refractivity contribution is 6.30. The lowest BCUT2D eigenvalue weighted by molar-refractivity contribution is 1.60. The van der Waals surface area contributed by atoms with Gasteiger partial charge in [-0.1, -0.05) is 267 Å². The molecular formula is C70H44. The Bertz CT molecular complexity index is 4390. The van der Waals surface area contributed by atoms with Crippen LogP contribution in [0, 0.1) is 0 Å². The molecule has 0 saturated heterocycles. The molecule has 14 aromatic rings. The molecule has 0 bridgehead atoms. The molecular weight excluding hydrogens is 841 g/mol. The molecule has 0 aliphatic carbocycles. The molecule has 0 amide bonds. The zero-order valence-corrected chi connectivity index (χ0v) is 38.4. The molecule has 14 aromatic carbocycles. The minimum Gasteiger partial charge on any atom is -0.0616 e. The van der Waals surface area contributed by atoms with E-state index in [0.29, 0.717) is 0 Å². The third-order valence-corrected chi connectivity index (χ3v) is 14.8. The molecule has 0 spiro atoms. The Hall–Kier alpha value is -9.10. The molecule has 0 atom stereocenters. The largest absolute Gasteiger partial charge is 0.0616 e. The van der Waals surface area contributed by atoms with E-state index < -0.39 is 0 Å². The Balaban J connectivity index is 1.33. The van der Waals surface area contributed by atoms with E-state index in [1.54, 1.807) is 0 Å². The van der Waals surface area contributed by atoms with Gasteiger partial charge in [0.1, 0.15) is 0 Å². The first-order valence-corrected chi connectivity index (χ1v) is 24.3. The molecule has 0 heteroatoms. The third-order valence-electron chi connectivity index (χ3n) is 14.8. The second-order valence-corrected chi connectivity index (χ2v) is 18.6. The molecule has 0 aliphatic heterocycles. The van der Waals surface area contributed by atoms with E-state index >= 15 is 0 Å². The lowest BCUT2D eigenvalue weighted by Crippen LogP contribution is -2.01. The van der Waals surface area contributed by atoms with Gasteiger partial charge in [0.15, 0.2) is 0 Å². The fourth-order valence-corrected chi connectivity index (χ4v) is 11.8. The summed E-state index contributed by atoms with van der Waals surface area (Å²) in [5.74, 6) is 0. The van der Waals surface area contributed by atoms with Crippen LogP contribution in [-0.4, -0.2) is 0 Å². The molecule has 0 fully saturated rings. The molecule has 0 aromatic heterocycles. The third kappa shape index (κ3) is 6.24. The molecule has 0 N–H and O–H groups in total. The van der Waals surface area contributed by atoms with E-state index in [0.717, 1.165) is 0 Å². The monoisotopic (exact) mass is 884 g/mol. The van der Waals surface area contributed by atoms with E-state index in [-0.39, 0.29) is 0 Å². The number of fused-ring (bicyclic) bond motifs is 7. The Labute approximate surface area is 407 Å². The van der Waals surface area contributed by atoms with Gasteiger partial charge in [0.25, 0.3) is 0 Å². The fraction of sp³-hybridized carbons (Fsp3) is 0. The van der Waals surface area contributed by atoms with E-state index in [1.165, 1.54) is 142 Å². The van der Waals surface area contributed by atoms with Gasteiger partial charge < -0.3 is 0 Å². The number of hydrogen-bond acceptors (Lipinski definition) is 0. The van der Waals surface area contributed by atoms with Crippen LogP contribution in [0.3, 0.4) is 0 Å². The maximum absolute atomic E-state index is 2.42. The van der Waals surface area contributed by atoms with Gasteiger partial charge in [-0.15, -0.1) is 0 Å². The molecule has 0 unspecified atom stereocenters. The van der Waals surface area contributed by atoms with Crippen molar-refractivity contribution in [1.29, 1.82) is 0 Å². The molecule has 0 saturated carbocycles. The summed E-state index contributed by atoms with van der Waals surface area (Å²) in [6.45, 7) is 0. The molecule has 0 radical (unpaired) electrons. The van der Waals surface area contributed by atoms with Gasteiger partial charge in [0.05, 0.1) is 0 Å². The maximum atomic E-state index is 2.42. The predicted molar refractivity (Wildman–Crippen MR) is 302 cm³/mol. The second-order valence-electron chi connectivity index (χ2n) is 18.6. The first kappa shape index (κ1) is 40.0. The topological polar surface area (TPSA) is 0 Å². The van der Waals surface area contributed by atoms with Crippen LogP contribution in [0.25, 0.3) is 142 Å². The van der Waals surface area contributed by atoms with Gasteiger partial charge in [0.2, 0.25) is 0 Å². The van der Waals surface area contributed by atoms with Crippen LogP contribution in [0.4, 0.5) is 0 Å². The minimum absolute atomic E-state index is 1.20. The zero-order chi connectivity index (χ0) is 46.1. The lowest BCUT2D eigenvalue weighted by Gasteiger charge is -2.29. The normalized spacial score (nSPS) is 11.7. The molecule has 324 valence electrons. The van der Waals surface area contributed by atoms with Crippen LogP contribution in [0.2, 0.25) is 0 Å². The van der Waals surface area contributed by atoms with Crippen LogP contribution < -0.4 is 0 Å². The van der Waals surface area contributed by atoms with Crippen molar-refractivity contribution in [2.45, 2.75) is 0 Å². The Morgan fingerprint density at radius 3 is 0.871 bits per heavy atom. The second kappa shape index (κ2) is 16.3. The summed E-state index contributed by atoms with van der Waals surface area (Å²) in [5.41, 5.74) is 14.6. The molecule has 0 heterocycles. The van der Waals surface area contributed by atoms with E-state index in [2.05, 4.69) is 267 Å². The predicted octanol–water partition coefficient (Wildman–Crippen LogP) is 19.8. The lowest BCUT2D eigenvalue weighted by atomic mass is 9.73. The smallest absolute Gasteiger partial charge is 0.000719 e. The van der Waals surface area contributed by atoms with E-state index in [4.69, 9.17) is 0 Å². The van der Waals surface area contributed by atoms with Gasteiger partial charge in [0, 0.05) is 0 Å². The number of benzene rings is 14. The van der Waals surface area contributed by atoms with Crippen molar-refractivity contribution < 1.29 is 0 Å². The average Bonchev–Trinajstić information content (AvgIpc) is 3.43. The highest BCUT2D eigenvalue weighted by Gasteiger charge is 2.30. The van der Waals surface area contributed by atoms with Crippen LogP contribution in [-0.2, 0) is 0 Å². The Kier molecular flexibility index (Phi) is 9.32.